The zero-order chi connectivity index (χ0) is 14.1. The number of hydrogen-bond acceptors (Lipinski definition) is 4. The van der Waals surface area contributed by atoms with E-state index < -0.39 is 5.97 Å². The Morgan fingerprint density at radius 1 is 1.37 bits per heavy atom. The molecule has 1 rings (SSSR count). The van der Waals surface area contributed by atoms with Crippen LogP contribution in [-0.4, -0.2) is 30.0 Å². The van der Waals surface area contributed by atoms with Crippen molar-refractivity contribution in [1.82, 2.24) is 10.3 Å². The highest BCUT2D eigenvalue weighted by Gasteiger charge is 2.21. The monoisotopic (exact) mass is 264 g/mol. The highest BCUT2D eigenvalue weighted by Crippen LogP contribution is 2.19. The predicted octanol–water partition coefficient (Wildman–Crippen LogP) is 1.64. The topological polar surface area (TPSA) is 68.3 Å². The van der Waals surface area contributed by atoms with E-state index in [2.05, 4.69) is 10.3 Å². The third kappa shape index (κ3) is 5.07. The quantitative estimate of drug-likeness (QED) is 0.760. The van der Waals surface area contributed by atoms with Crippen molar-refractivity contribution in [3.05, 3.63) is 30.1 Å². The molecule has 1 heterocycles. The minimum Gasteiger partial charge on any atom is -0.465 e. The number of carbonyl (C=O) groups excluding carboxylic acids is 2. The fourth-order valence-electron chi connectivity index (χ4n) is 1.78. The minimum absolute atomic E-state index is 0.0975. The number of esters is 1. The number of aromatic nitrogens is 1. The van der Waals surface area contributed by atoms with Crippen LogP contribution in [0.15, 0.2) is 24.4 Å². The van der Waals surface area contributed by atoms with Crippen molar-refractivity contribution in [2.75, 3.05) is 13.2 Å². The summed E-state index contributed by atoms with van der Waals surface area (Å²) >= 11 is 0. The number of nitrogens with one attached hydrogen (secondary N) is 1. The second kappa shape index (κ2) is 8.24. The number of carbonyl (C=O) groups is 2. The lowest BCUT2D eigenvalue weighted by atomic mass is 9.98. The van der Waals surface area contributed by atoms with Gasteiger partial charge in [-0.15, -0.1) is 0 Å². The largest absolute Gasteiger partial charge is 0.465 e. The first kappa shape index (κ1) is 15.1. The van der Waals surface area contributed by atoms with Gasteiger partial charge in [0.2, 0.25) is 5.91 Å². The molecule has 0 saturated heterocycles. The number of amides is 1. The fourth-order valence-corrected chi connectivity index (χ4v) is 1.78. The highest BCUT2D eigenvalue weighted by atomic mass is 16.5. The Balaban J connectivity index is 2.61. The lowest BCUT2D eigenvalue weighted by Gasteiger charge is -2.15. The first-order valence-electron chi connectivity index (χ1n) is 6.53. The zero-order valence-electron chi connectivity index (χ0n) is 11.4. The van der Waals surface area contributed by atoms with Crippen molar-refractivity contribution in [1.29, 1.82) is 0 Å². The van der Waals surface area contributed by atoms with Crippen molar-refractivity contribution < 1.29 is 14.3 Å². The number of pyridine rings is 1. The van der Waals surface area contributed by atoms with Gasteiger partial charge in [-0.25, -0.2) is 0 Å². The van der Waals surface area contributed by atoms with E-state index in [0.717, 1.165) is 12.1 Å². The second-order valence-electron chi connectivity index (χ2n) is 4.12. The van der Waals surface area contributed by atoms with Crippen molar-refractivity contribution in [3.8, 4) is 0 Å². The van der Waals surface area contributed by atoms with Crippen molar-refractivity contribution in [2.45, 2.75) is 32.6 Å². The molecule has 0 fully saturated rings. The molecule has 1 atom stereocenters. The summed E-state index contributed by atoms with van der Waals surface area (Å²) in [4.78, 5) is 27.5. The van der Waals surface area contributed by atoms with Crippen molar-refractivity contribution >= 4 is 11.9 Å². The number of ether oxygens (including phenoxy) is 1. The first-order chi connectivity index (χ1) is 9.19. The Kier molecular flexibility index (Phi) is 6.57. The van der Waals surface area contributed by atoms with Crippen LogP contribution >= 0.6 is 0 Å². The van der Waals surface area contributed by atoms with Gasteiger partial charge >= 0.3 is 5.97 Å². The van der Waals surface area contributed by atoms with Crippen LogP contribution < -0.4 is 5.32 Å². The summed E-state index contributed by atoms with van der Waals surface area (Å²) in [5.74, 6) is -0.929. The Bertz CT molecular complexity index is 406. The van der Waals surface area contributed by atoms with E-state index in [-0.39, 0.29) is 18.4 Å². The summed E-state index contributed by atoms with van der Waals surface area (Å²) in [5, 5.41) is 2.60. The summed E-state index contributed by atoms with van der Waals surface area (Å²) in [7, 11) is 0. The van der Waals surface area contributed by atoms with E-state index in [1.165, 1.54) is 0 Å². The van der Waals surface area contributed by atoms with E-state index >= 15 is 0 Å². The van der Waals surface area contributed by atoms with Gasteiger partial charge in [-0.3, -0.25) is 14.6 Å². The van der Waals surface area contributed by atoms with Gasteiger partial charge in [-0.1, -0.05) is 19.4 Å². The SMILES string of the molecule is CCC[C@H](C(=O)NCC(=O)OCC)c1ccccn1. The summed E-state index contributed by atoms with van der Waals surface area (Å²) in [6.45, 7) is 3.95. The number of hydrogen-bond donors (Lipinski definition) is 1. The molecule has 0 bridgehead atoms. The Labute approximate surface area is 113 Å². The molecular formula is C14H20N2O3. The molecule has 0 saturated carbocycles. The maximum absolute atomic E-state index is 12.1. The Morgan fingerprint density at radius 3 is 2.74 bits per heavy atom. The van der Waals surface area contributed by atoms with Crippen LogP contribution in [-0.2, 0) is 14.3 Å². The molecule has 1 aromatic rings. The highest BCUT2D eigenvalue weighted by molar-refractivity contribution is 5.86. The summed E-state index contributed by atoms with van der Waals surface area (Å²) in [6, 6.07) is 5.48. The third-order valence-electron chi connectivity index (χ3n) is 2.65. The van der Waals surface area contributed by atoms with Crippen LogP contribution in [0.3, 0.4) is 0 Å². The molecule has 0 aromatic carbocycles. The van der Waals surface area contributed by atoms with E-state index in [1.807, 2.05) is 25.1 Å². The summed E-state index contributed by atoms with van der Waals surface area (Å²) < 4.78 is 4.77. The van der Waals surface area contributed by atoms with Crippen LogP contribution in [0.25, 0.3) is 0 Å². The maximum atomic E-state index is 12.1. The van der Waals surface area contributed by atoms with Gasteiger partial charge in [0.15, 0.2) is 0 Å². The molecule has 104 valence electrons. The van der Waals surface area contributed by atoms with E-state index in [0.29, 0.717) is 13.0 Å². The van der Waals surface area contributed by atoms with E-state index in [9.17, 15) is 9.59 Å². The lowest BCUT2D eigenvalue weighted by molar-refractivity contribution is -0.143. The predicted molar refractivity (Wildman–Crippen MR) is 71.5 cm³/mol. The summed E-state index contributed by atoms with van der Waals surface area (Å²) in [6.07, 6.45) is 3.23. The van der Waals surface area contributed by atoms with Crippen LogP contribution in [0.1, 0.15) is 38.3 Å². The van der Waals surface area contributed by atoms with Crippen LogP contribution in [0.5, 0.6) is 0 Å². The van der Waals surface area contributed by atoms with E-state index in [1.54, 1.807) is 13.1 Å². The molecular weight excluding hydrogens is 244 g/mol. The molecule has 5 nitrogen and oxygen atoms in total. The Hall–Kier alpha value is -1.91. The second-order valence-corrected chi connectivity index (χ2v) is 4.12. The molecule has 5 heteroatoms. The van der Waals surface area contributed by atoms with Crippen LogP contribution in [0.4, 0.5) is 0 Å². The maximum Gasteiger partial charge on any atom is 0.325 e. The zero-order valence-corrected chi connectivity index (χ0v) is 11.4. The van der Waals surface area contributed by atoms with Gasteiger partial charge in [0, 0.05) is 6.20 Å². The summed E-state index contributed by atoms with van der Waals surface area (Å²) in [5.41, 5.74) is 0.728. The number of rotatable bonds is 7. The standard InChI is InChI=1S/C14H20N2O3/c1-3-7-11(12-8-5-6-9-15-12)14(18)16-10-13(17)19-4-2/h5-6,8-9,11H,3-4,7,10H2,1-2H3,(H,16,18)/t11-/m0/s1. The molecule has 0 radical (unpaired) electrons. The first-order valence-corrected chi connectivity index (χ1v) is 6.53. The van der Waals surface area contributed by atoms with Gasteiger partial charge in [0.25, 0.3) is 0 Å². The molecule has 0 aliphatic heterocycles. The molecule has 0 unspecified atom stereocenters. The average Bonchev–Trinajstić information content (AvgIpc) is 2.43. The molecule has 1 amide bonds. The van der Waals surface area contributed by atoms with Gasteiger partial charge in [-0.2, -0.15) is 0 Å². The minimum atomic E-state index is -0.424. The van der Waals surface area contributed by atoms with Gasteiger partial charge < -0.3 is 10.1 Å². The number of nitrogens with zero attached hydrogens (tertiary/aromatic N) is 1. The Morgan fingerprint density at radius 2 is 2.16 bits per heavy atom. The van der Waals surface area contributed by atoms with Gasteiger partial charge in [0.05, 0.1) is 18.2 Å². The van der Waals surface area contributed by atoms with Crippen molar-refractivity contribution in [2.24, 2.45) is 0 Å². The smallest absolute Gasteiger partial charge is 0.325 e. The van der Waals surface area contributed by atoms with Crippen LogP contribution in [0.2, 0.25) is 0 Å². The average molecular weight is 264 g/mol. The van der Waals surface area contributed by atoms with Gasteiger partial charge in [0.1, 0.15) is 6.54 Å². The fraction of sp³-hybridized carbons (Fsp3) is 0.500. The van der Waals surface area contributed by atoms with Gasteiger partial charge in [-0.05, 0) is 25.5 Å². The molecule has 1 aromatic heterocycles. The molecule has 0 aliphatic rings. The van der Waals surface area contributed by atoms with E-state index in [4.69, 9.17) is 4.74 Å². The third-order valence-corrected chi connectivity index (χ3v) is 2.65. The normalized spacial score (nSPS) is 11.7. The molecule has 19 heavy (non-hydrogen) atoms. The molecule has 0 spiro atoms. The van der Waals surface area contributed by atoms with Crippen molar-refractivity contribution in [3.63, 3.8) is 0 Å². The molecule has 0 aliphatic carbocycles. The molecule has 1 N–H and O–H groups in total. The van der Waals surface area contributed by atoms with Crippen LogP contribution in [0, 0.1) is 0 Å². The lowest BCUT2D eigenvalue weighted by Crippen LogP contribution is -2.34.